The Morgan fingerprint density at radius 3 is 0.888 bits per heavy atom. The number of hydrogen-bond acceptors (Lipinski definition) is 4. The van der Waals surface area contributed by atoms with Gasteiger partial charge < -0.3 is 18.8 Å². The zero-order chi connectivity index (χ0) is 90.3. The second kappa shape index (κ2) is 44.9. The van der Waals surface area contributed by atoms with E-state index in [0.29, 0.717) is 48.0 Å². The third-order valence-corrected chi connectivity index (χ3v) is 24.7. The summed E-state index contributed by atoms with van der Waals surface area (Å²) in [6, 6.07) is 87.2. The maximum Gasteiger partial charge on any atom is -0.0134 e. The first kappa shape index (κ1) is 97.1. The van der Waals surface area contributed by atoms with Gasteiger partial charge in [-0.15, -0.1) is 0 Å². The summed E-state index contributed by atoms with van der Waals surface area (Å²) in [5, 5.41) is 8.31. The Balaban J connectivity index is 0.000000166. The van der Waals surface area contributed by atoms with E-state index in [4.69, 9.17) is 40.0 Å². The van der Waals surface area contributed by atoms with Gasteiger partial charge in [-0.25, -0.2) is 52.7 Å². The van der Waals surface area contributed by atoms with Crippen molar-refractivity contribution in [2.75, 3.05) is 0 Å². The number of alkyl halides is 4. The predicted molar refractivity (Wildman–Crippen MR) is 468 cm³/mol. The molecular formula is C98H78BCl3F16O4P2Pd. The summed E-state index contributed by atoms with van der Waals surface area (Å²) in [5.41, 5.74) is -1.21. The molecule has 0 N–H and O–H groups in total. The molecule has 0 bridgehead atoms. The van der Waals surface area contributed by atoms with E-state index in [1.54, 1.807) is 0 Å². The minimum Gasteiger partial charge on any atom is -0.0622 e. The molecule has 27 heteroatoms. The van der Waals surface area contributed by atoms with Crippen molar-refractivity contribution in [2.24, 2.45) is 0 Å². The van der Waals surface area contributed by atoms with E-state index in [2.05, 4.69) is 191 Å². The summed E-state index contributed by atoms with van der Waals surface area (Å²) in [6.45, 7) is 11.3. The first-order chi connectivity index (χ1) is 59.7. The van der Waals surface area contributed by atoms with Gasteiger partial charge in [0.25, 0.3) is 0 Å². The third-order valence-electron chi connectivity index (χ3n) is 19.5. The van der Waals surface area contributed by atoms with Crippen LogP contribution in [-0.4, -0.2) is 18.3 Å². The van der Waals surface area contributed by atoms with Crippen LogP contribution in [0, 0.1) is 69.8 Å². The van der Waals surface area contributed by atoms with Crippen LogP contribution in [0.5, 0.6) is 11.5 Å². The summed E-state index contributed by atoms with van der Waals surface area (Å²) >= 11 is 5.45. The van der Waals surface area contributed by atoms with E-state index in [0.717, 1.165) is 55.0 Å². The second-order valence-electron chi connectivity index (χ2n) is 28.8. The molecule has 0 spiro atoms. The van der Waals surface area contributed by atoms with Crippen LogP contribution in [0.25, 0.3) is 33.4 Å². The maximum atomic E-state index is 14.9. The molecule has 1 heterocycles. The van der Waals surface area contributed by atoms with Gasteiger partial charge in [-0.05, 0) is 188 Å². The fourth-order valence-electron chi connectivity index (χ4n) is 12.8. The maximum absolute atomic E-state index is 14.9. The van der Waals surface area contributed by atoms with Gasteiger partial charge in [0.2, 0.25) is 0 Å². The van der Waals surface area contributed by atoms with E-state index in [1.165, 1.54) is 92.5 Å². The van der Waals surface area contributed by atoms with Crippen LogP contribution in [0.1, 0.15) is 76.6 Å². The van der Waals surface area contributed by atoms with Crippen LogP contribution in [0.15, 0.2) is 315 Å². The van der Waals surface area contributed by atoms with Gasteiger partial charge in [-0.2, -0.15) is 17.6 Å². The van der Waals surface area contributed by atoms with Crippen molar-refractivity contribution in [1.29, 1.82) is 0 Å². The Morgan fingerprint density at radius 2 is 0.608 bits per heavy atom. The first-order valence-electron chi connectivity index (χ1n) is 38.6. The fraction of sp³-hybridized carbons (Fsp3) is 0.143. The molecule has 0 aromatic heterocycles. The summed E-state index contributed by atoms with van der Waals surface area (Å²) in [7, 11) is 8.01. The molecule has 14 aromatic rings. The smallest absolute Gasteiger partial charge is 0.0134 e. The molecule has 650 valence electrons. The zero-order valence-electron chi connectivity index (χ0n) is 67.5. The number of benzene rings is 14. The van der Waals surface area contributed by atoms with Crippen LogP contribution in [0.3, 0.4) is 0 Å². The monoisotopic (exact) mass is 1910 g/mol. The van der Waals surface area contributed by atoms with Gasteiger partial charge in [0.05, 0.1) is 38.5 Å². The van der Waals surface area contributed by atoms with Gasteiger partial charge in [-0.3, -0.25) is 0 Å². The normalized spacial score (nSPS) is 12.6. The molecule has 0 aliphatic carbocycles. The molecule has 0 atom stereocenters. The zero-order valence-corrected chi connectivity index (χ0v) is 73.1. The molecule has 0 radical (unpaired) electrons. The summed E-state index contributed by atoms with van der Waals surface area (Å²) in [4.78, 5) is 0. The second-order valence-corrected chi connectivity index (χ2v) is 36.1. The molecule has 4 nitrogen and oxygen atoms in total. The van der Waals surface area contributed by atoms with E-state index < -0.39 is 139 Å². The SMILES string of the molecule is CC1(C)OB(c2ccc(C(F)(F)Oc3cc(F)c(F)c(F)c3)cc2)OC1(C)C.CCCc1cc(F)c(-c2ccc(-c3ccc(C(F)(F)Oc4cc(F)c(F)c(F)c4)cc3)c(F)c2)c(F)c1.CCCc1cc(F)c(-c2ccc(Cl)c(F)c2)c(F)c1.[Cl][Pd][Cl].c1ccc(P(c2ccccc2)c2ccccc2)cc1.c1ccc(P(c2ccccc2)c2ccccc2)cc1. The summed E-state index contributed by atoms with van der Waals surface area (Å²) < 4.78 is 242. The van der Waals surface area contributed by atoms with Crippen molar-refractivity contribution < 1.29 is 105 Å². The van der Waals surface area contributed by atoms with Crippen LogP contribution in [-0.2, 0) is 50.3 Å². The number of hydrogen-bond donors (Lipinski definition) is 0. The number of halogens is 19. The Labute approximate surface area is 738 Å². The number of ether oxygens (including phenoxy) is 2. The van der Waals surface area contributed by atoms with Gasteiger partial charge in [0, 0.05) is 29.8 Å². The van der Waals surface area contributed by atoms with Crippen LogP contribution < -0.4 is 46.8 Å². The molecule has 1 aliphatic rings. The van der Waals surface area contributed by atoms with Gasteiger partial charge in [0.1, 0.15) is 46.4 Å². The largest absolute Gasteiger partial charge is 0.0622 e. The molecule has 1 aliphatic heterocycles. The summed E-state index contributed by atoms with van der Waals surface area (Å²) in [5.74, 6) is -16.6. The van der Waals surface area contributed by atoms with Gasteiger partial charge in [0.15, 0.2) is 34.9 Å². The minimum atomic E-state index is -4.06. The Hall–Kier alpha value is -10.1. The molecule has 1 saturated heterocycles. The molecule has 15 rings (SSSR count). The average Bonchev–Trinajstić information content (AvgIpc) is 1.64. The van der Waals surface area contributed by atoms with Crippen molar-refractivity contribution in [3.63, 3.8) is 0 Å². The van der Waals surface area contributed by atoms with Crippen molar-refractivity contribution in [3.8, 4) is 44.9 Å². The van der Waals surface area contributed by atoms with E-state index in [1.807, 2.05) is 41.5 Å². The van der Waals surface area contributed by atoms with Gasteiger partial charge in [-0.1, -0.05) is 263 Å². The standard InChI is InChI=1S/C28H18F8O.C19H18BF5O3.2C18H15P.C15H12ClF3.2ClH.Pd/c1-2-3-15-10-22(30)26(23(31)11-15)17-6-9-20(21(29)12-17)16-4-7-18(8-5-16)28(35,36)37-19-13-24(32)27(34)25(33)14-19;1-17(2)18(3,4)28-20(27-17)12-7-5-11(6-8-12)19(24,25)26-13-9-14(21)16(23)15(22)10-13;2*1-4-10-16(11-5-1)19(17-12-6-2-7-13-17)18-14-8-3-9-15-18;1-2-3-9-6-13(18)15(14(19)7-9)10-4-5-11(16)12(17)8-10;;;/h4-14H,2-3H2,1H3;5-10H,1-4H3;2*1-15H;4-8H,2-3H2,1H3;2*1H;/q;;;;;;;+2/p-2. The number of aryl methyl sites for hydroxylation is 2. The number of rotatable bonds is 20. The summed E-state index contributed by atoms with van der Waals surface area (Å²) in [6.07, 6.45) is -5.38. The van der Waals surface area contributed by atoms with E-state index >= 15 is 0 Å². The van der Waals surface area contributed by atoms with E-state index in [-0.39, 0.29) is 66.5 Å². The Kier molecular flexibility index (Phi) is 34.9. The molecule has 125 heavy (non-hydrogen) atoms. The predicted octanol–water partition coefficient (Wildman–Crippen LogP) is 27.1. The third kappa shape index (κ3) is 25.9. The van der Waals surface area contributed by atoms with Crippen molar-refractivity contribution >= 4 is 90.9 Å². The first-order valence-corrected chi connectivity index (χ1v) is 45.7. The minimum absolute atomic E-state index is 0.0226. The van der Waals surface area contributed by atoms with Crippen LogP contribution in [0.4, 0.5) is 70.2 Å². The fourth-order valence-corrected chi connectivity index (χ4v) is 17.6. The Morgan fingerprint density at radius 1 is 0.336 bits per heavy atom. The Bertz CT molecular complexity index is 5440. The van der Waals surface area contributed by atoms with Gasteiger partial charge >= 0.3 is 54.3 Å². The molecular weight excluding hydrogens is 1830 g/mol. The van der Waals surface area contributed by atoms with Crippen molar-refractivity contribution in [3.05, 3.63) is 413 Å². The topological polar surface area (TPSA) is 36.9 Å². The molecule has 0 unspecified atom stereocenters. The van der Waals surface area contributed by atoms with Crippen molar-refractivity contribution in [1.82, 2.24) is 0 Å². The van der Waals surface area contributed by atoms with E-state index in [9.17, 15) is 70.2 Å². The molecule has 0 saturated carbocycles. The quantitative estimate of drug-likeness (QED) is 0.0330. The van der Waals surface area contributed by atoms with Crippen LogP contribution in [0.2, 0.25) is 5.02 Å². The molecule has 1 fully saturated rings. The average molecular weight is 1910 g/mol. The molecule has 14 aromatic carbocycles. The van der Waals surface area contributed by atoms with Crippen molar-refractivity contribution in [2.45, 2.75) is 90.6 Å². The molecule has 0 amide bonds. The van der Waals surface area contributed by atoms with Crippen LogP contribution >= 0.6 is 46.5 Å².